The van der Waals surface area contributed by atoms with Crippen LogP contribution in [0.1, 0.15) is 11.1 Å². The van der Waals surface area contributed by atoms with Crippen molar-refractivity contribution in [1.29, 1.82) is 0 Å². The van der Waals surface area contributed by atoms with Crippen LogP contribution in [-0.4, -0.2) is 0 Å². The first-order valence-electron chi connectivity index (χ1n) is 3.13. The number of halogens is 1. The number of rotatable bonds is 0. The number of hydrogen-bond donors (Lipinski definition) is 1. The summed E-state index contributed by atoms with van der Waals surface area (Å²) in [5, 5.41) is 0.709. The van der Waals surface area contributed by atoms with Gasteiger partial charge in [-0.3, -0.25) is 0 Å². The van der Waals surface area contributed by atoms with E-state index in [0.29, 0.717) is 5.02 Å². The van der Waals surface area contributed by atoms with Crippen LogP contribution in [-0.2, 0) is 0 Å². The number of nitrogens with two attached hydrogens (primary N) is 1. The second kappa shape index (κ2) is 2.51. The highest BCUT2D eigenvalue weighted by Crippen LogP contribution is 2.20. The standard InChI is InChI=1S/C8H10ClN/c1-5-3-7(9)4-8(10)6(5)2/h3-4H,10H2,1-2H3. The van der Waals surface area contributed by atoms with Gasteiger partial charge in [0.25, 0.3) is 0 Å². The van der Waals surface area contributed by atoms with Gasteiger partial charge in [-0.2, -0.15) is 0 Å². The zero-order valence-corrected chi connectivity index (χ0v) is 6.87. The van der Waals surface area contributed by atoms with E-state index in [1.54, 1.807) is 6.07 Å². The first kappa shape index (κ1) is 7.42. The fourth-order valence-corrected chi connectivity index (χ4v) is 1.12. The van der Waals surface area contributed by atoms with Crippen LogP contribution >= 0.6 is 11.6 Å². The summed E-state index contributed by atoms with van der Waals surface area (Å²) >= 11 is 5.74. The van der Waals surface area contributed by atoms with Crippen LogP contribution in [0, 0.1) is 13.8 Å². The molecule has 2 N–H and O–H groups in total. The zero-order chi connectivity index (χ0) is 7.72. The highest BCUT2D eigenvalue weighted by Gasteiger charge is 1.97. The van der Waals surface area contributed by atoms with Crippen molar-refractivity contribution in [3.8, 4) is 0 Å². The molecule has 1 rings (SSSR count). The molecule has 2 heteroatoms. The lowest BCUT2D eigenvalue weighted by Crippen LogP contribution is -1.91. The van der Waals surface area contributed by atoms with Crippen LogP contribution in [0.2, 0.25) is 5.02 Å². The quantitative estimate of drug-likeness (QED) is 0.573. The maximum absolute atomic E-state index is 5.74. The molecule has 0 radical (unpaired) electrons. The molecule has 54 valence electrons. The Balaban J connectivity index is 3.31. The summed E-state index contributed by atoms with van der Waals surface area (Å²) in [5.74, 6) is 0. The maximum atomic E-state index is 5.74. The van der Waals surface area contributed by atoms with E-state index in [4.69, 9.17) is 17.3 Å². The number of aryl methyl sites for hydroxylation is 1. The lowest BCUT2D eigenvalue weighted by Gasteiger charge is -2.03. The predicted molar refractivity (Wildman–Crippen MR) is 45.3 cm³/mol. The molecule has 0 saturated heterocycles. The summed E-state index contributed by atoms with van der Waals surface area (Å²) in [6.07, 6.45) is 0. The van der Waals surface area contributed by atoms with Crippen molar-refractivity contribution < 1.29 is 0 Å². The Labute approximate surface area is 65.8 Å². The van der Waals surface area contributed by atoms with E-state index in [-0.39, 0.29) is 0 Å². The third kappa shape index (κ3) is 1.24. The van der Waals surface area contributed by atoms with Gasteiger partial charge in [0.15, 0.2) is 0 Å². The molecular formula is C8H10ClN. The minimum atomic E-state index is 0.709. The smallest absolute Gasteiger partial charge is 0.0429 e. The summed E-state index contributed by atoms with van der Waals surface area (Å²) in [6, 6.07) is 3.68. The molecule has 0 unspecified atom stereocenters. The summed E-state index contributed by atoms with van der Waals surface area (Å²) in [5.41, 5.74) is 8.66. The Bertz CT molecular complexity index is 232. The fraction of sp³-hybridized carbons (Fsp3) is 0.250. The average molecular weight is 156 g/mol. The molecule has 0 aliphatic heterocycles. The molecule has 0 aliphatic rings. The van der Waals surface area contributed by atoms with Crippen LogP contribution in [0.5, 0.6) is 0 Å². The second-order valence-electron chi connectivity index (χ2n) is 2.44. The van der Waals surface area contributed by atoms with Gasteiger partial charge >= 0.3 is 0 Å². The molecule has 1 aromatic rings. The van der Waals surface area contributed by atoms with E-state index in [1.807, 2.05) is 19.9 Å². The number of benzene rings is 1. The first-order valence-corrected chi connectivity index (χ1v) is 3.51. The zero-order valence-electron chi connectivity index (χ0n) is 6.11. The summed E-state index contributed by atoms with van der Waals surface area (Å²) in [6.45, 7) is 3.98. The monoisotopic (exact) mass is 155 g/mol. The van der Waals surface area contributed by atoms with Gasteiger partial charge in [0.05, 0.1) is 0 Å². The van der Waals surface area contributed by atoms with Crippen LogP contribution in [0.4, 0.5) is 5.69 Å². The number of nitrogen functional groups attached to an aromatic ring is 1. The van der Waals surface area contributed by atoms with Gasteiger partial charge in [-0.25, -0.2) is 0 Å². The molecule has 0 bridgehead atoms. The minimum Gasteiger partial charge on any atom is -0.398 e. The number of hydrogen-bond acceptors (Lipinski definition) is 1. The van der Waals surface area contributed by atoms with Gasteiger partial charge in [-0.1, -0.05) is 11.6 Å². The highest BCUT2D eigenvalue weighted by atomic mass is 35.5. The highest BCUT2D eigenvalue weighted by molar-refractivity contribution is 6.30. The van der Waals surface area contributed by atoms with Crippen molar-refractivity contribution >= 4 is 17.3 Å². The molecule has 0 atom stereocenters. The molecule has 10 heavy (non-hydrogen) atoms. The van der Waals surface area contributed by atoms with Crippen LogP contribution in [0.15, 0.2) is 12.1 Å². The Morgan fingerprint density at radius 3 is 2.40 bits per heavy atom. The third-order valence-electron chi connectivity index (χ3n) is 1.67. The molecule has 0 amide bonds. The van der Waals surface area contributed by atoms with Gasteiger partial charge in [0, 0.05) is 10.7 Å². The van der Waals surface area contributed by atoms with Crippen molar-refractivity contribution in [1.82, 2.24) is 0 Å². The van der Waals surface area contributed by atoms with Crippen molar-refractivity contribution in [2.45, 2.75) is 13.8 Å². The molecule has 0 saturated carbocycles. The predicted octanol–water partition coefficient (Wildman–Crippen LogP) is 2.54. The van der Waals surface area contributed by atoms with Crippen LogP contribution in [0.3, 0.4) is 0 Å². The van der Waals surface area contributed by atoms with Gasteiger partial charge in [0.2, 0.25) is 0 Å². The molecule has 0 aromatic heterocycles. The van der Waals surface area contributed by atoms with Gasteiger partial charge in [0.1, 0.15) is 0 Å². The van der Waals surface area contributed by atoms with E-state index >= 15 is 0 Å². The molecule has 0 aliphatic carbocycles. The summed E-state index contributed by atoms with van der Waals surface area (Å²) in [7, 11) is 0. The van der Waals surface area contributed by atoms with Gasteiger partial charge in [-0.05, 0) is 37.1 Å². The topological polar surface area (TPSA) is 26.0 Å². The van der Waals surface area contributed by atoms with Crippen molar-refractivity contribution in [3.05, 3.63) is 28.3 Å². The third-order valence-corrected chi connectivity index (χ3v) is 1.89. The maximum Gasteiger partial charge on any atom is 0.0429 e. The molecular weight excluding hydrogens is 146 g/mol. The summed E-state index contributed by atoms with van der Waals surface area (Å²) in [4.78, 5) is 0. The SMILES string of the molecule is Cc1cc(Cl)cc(N)c1C. The van der Waals surface area contributed by atoms with E-state index in [0.717, 1.165) is 16.8 Å². The molecule has 0 fully saturated rings. The van der Waals surface area contributed by atoms with E-state index in [1.165, 1.54) is 0 Å². The second-order valence-corrected chi connectivity index (χ2v) is 2.87. The molecule has 1 aromatic carbocycles. The minimum absolute atomic E-state index is 0.709. The van der Waals surface area contributed by atoms with E-state index in [2.05, 4.69) is 0 Å². The normalized spacial score (nSPS) is 9.90. The largest absolute Gasteiger partial charge is 0.398 e. The van der Waals surface area contributed by atoms with Gasteiger partial charge < -0.3 is 5.73 Å². The van der Waals surface area contributed by atoms with Crippen molar-refractivity contribution in [2.24, 2.45) is 0 Å². The Hall–Kier alpha value is -0.690. The van der Waals surface area contributed by atoms with Gasteiger partial charge in [-0.15, -0.1) is 0 Å². The average Bonchev–Trinajstić information content (AvgIpc) is 1.82. The van der Waals surface area contributed by atoms with Crippen LogP contribution < -0.4 is 5.73 Å². The van der Waals surface area contributed by atoms with E-state index in [9.17, 15) is 0 Å². The molecule has 1 nitrogen and oxygen atoms in total. The lowest BCUT2D eigenvalue weighted by atomic mass is 10.1. The van der Waals surface area contributed by atoms with E-state index < -0.39 is 0 Å². The number of anilines is 1. The lowest BCUT2D eigenvalue weighted by molar-refractivity contribution is 1.35. The Kier molecular flexibility index (Phi) is 1.86. The van der Waals surface area contributed by atoms with Crippen LogP contribution in [0.25, 0.3) is 0 Å². The fourth-order valence-electron chi connectivity index (χ4n) is 0.841. The Morgan fingerprint density at radius 1 is 1.30 bits per heavy atom. The first-order chi connectivity index (χ1) is 4.61. The summed E-state index contributed by atoms with van der Waals surface area (Å²) < 4.78 is 0. The Morgan fingerprint density at radius 2 is 1.90 bits per heavy atom. The van der Waals surface area contributed by atoms with Crippen molar-refractivity contribution in [2.75, 3.05) is 5.73 Å². The van der Waals surface area contributed by atoms with Crippen molar-refractivity contribution in [3.63, 3.8) is 0 Å². The molecule has 0 heterocycles. The molecule has 0 spiro atoms.